The number of alkyl halides is 3. The average Bonchev–Trinajstić information content (AvgIpc) is 3.53. The molecule has 1 aromatic heterocycles. The number of nitrogens with one attached hydrogen (secondary N) is 1. The van der Waals surface area contributed by atoms with Crippen molar-refractivity contribution in [3.8, 4) is 11.5 Å². The van der Waals surface area contributed by atoms with E-state index < -0.39 is 33.5 Å². The summed E-state index contributed by atoms with van der Waals surface area (Å²) in [4.78, 5) is 17.3. The number of rotatable bonds is 8. The molecule has 0 spiro atoms. The first-order valence-electron chi connectivity index (χ1n) is 13.0. The van der Waals surface area contributed by atoms with Crippen LogP contribution in [0.4, 0.5) is 18.9 Å². The van der Waals surface area contributed by atoms with Crippen molar-refractivity contribution in [2.75, 3.05) is 5.32 Å². The lowest BCUT2D eigenvalue weighted by molar-refractivity contribution is -0.137. The quantitative estimate of drug-likeness (QED) is 0.235. The molecule has 0 radical (unpaired) electrons. The first-order valence-corrected chi connectivity index (χ1v) is 14.1. The Kier molecular flexibility index (Phi) is 7.60. The highest BCUT2D eigenvalue weighted by Gasteiger charge is 2.51. The maximum atomic E-state index is 12.9. The second-order valence-corrected chi connectivity index (χ2v) is 11.7. The van der Waals surface area contributed by atoms with Crippen LogP contribution >= 0.6 is 0 Å². The number of hydrogen-bond acceptors (Lipinski definition) is 6. The Balaban J connectivity index is 1.30. The van der Waals surface area contributed by atoms with Gasteiger partial charge in [0.25, 0.3) is 5.89 Å². The minimum atomic E-state index is -4.43. The molecular formula is C30H27F3N3O4S-. The molecular weight excluding hydrogens is 555 g/mol. The van der Waals surface area contributed by atoms with Crippen molar-refractivity contribution in [3.05, 3.63) is 99.9 Å². The van der Waals surface area contributed by atoms with E-state index in [-0.39, 0.29) is 18.2 Å². The molecule has 4 aromatic rings. The van der Waals surface area contributed by atoms with Gasteiger partial charge in [-0.2, -0.15) is 18.2 Å². The zero-order valence-electron chi connectivity index (χ0n) is 22.5. The normalized spacial score (nSPS) is 15.8. The first-order chi connectivity index (χ1) is 19.4. The van der Waals surface area contributed by atoms with E-state index in [4.69, 9.17) is 4.52 Å². The fourth-order valence-electron chi connectivity index (χ4n) is 5.25. The number of aromatic nitrogens is 2. The van der Waals surface area contributed by atoms with Crippen molar-refractivity contribution in [2.24, 2.45) is 0 Å². The average molecular weight is 583 g/mol. The Morgan fingerprint density at radius 3 is 2.22 bits per heavy atom. The molecule has 5 rings (SSSR count). The second-order valence-electron chi connectivity index (χ2n) is 10.4. The Labute approximate surface area is 237 Å². The molecule has 0 bridgehead atoms. The molecule has 3 aromatic carbocycles. The van der Waals surface area contributed by atoms with Crippen LogP contribution in [-0.4, -0.2) is 24.8 Å². The van der Waals surface area contributed by atoms with Crippen LogP contribution in [0.3, 0.4) is 0 Å². The summed E-state index contributed by atoms with van der Waals surface area (Å²) in [5, 5.41) is 6.50. The third-order valence-electron chi connectivity index (χ3n) is 7.46. The van der Waals surface area contributed by atoms with Gasteiger partial charge in [-0.25, -0.2) is 0 Å². The van der Waals surface area contributed by atoms with Gasteiger partial charge in [0, 0.05) is 16.5 Å². The van der Waals surface area contributed by atoms with E-state index in [1.54, 1.807) is 31.2 Å². The molecule has 1 saturated carbocycles. The lowest BCUT2D eigenvalue weighted by atomic mass is 9.87. The summed E-state index contributed by atoms with van der Waals surface area (Å²) < 4.78 is 66.6. The molecule has 1 aliphatic rings. The summed E-state index contributed by atoms with van der Waals surface area (Å²) >= 11 is -2.21. The van der Waals surface area contributed by atoms with Crippen LogP contribution in [0.1, 0.15) is 64.2 Å². The van der Waals surface area contributed by atoms with Crippen LogP contribution in [-0.2, 0) is 33.9 Å². The largest absolute Gasteiger partial charge is 0.772 e. The van der Waals surface area contributed by atoms with E-state index in [0.29, 0.717) is 22.6 Å². The van der Waals surface area contributed by atoms with Crippen molar-refractivity contribution in [1.82, 2.24) is 10.1 Å². The number of nitrogens with zero attached hydrogens (tertiary/aromatic N) is 2. The third kappa shape index (κ3) is 5.96. The molecule has 0 saturated heterocycles. The molecule has 1 fully saturated rings. The van der Waals surface area contributed by atoms with Gasteiger partial charge in [-0.3, -0.25) is 9.00 Å². The first kappa shape index (κ1) is 28.7. The highest BCUT2D eigenvalue weighted by Crippen LogP contribution is 2.55. The topological polar surface area (TPSA) is 108 Å². The Morgan fingerprint density at radius 1 is 1.07 bits per heavy atom. The van der Waals surface area contributed by atoms with E-state index in [1.165, 1.54) is 12.1 Å². The van der Waals surface area contributed by atoms with Gasteiger partial charge in [0.2, 0.25) is 5.91 Å². The van der Waals surface area contributed by atoms with E-state index in [2.05, 4.69) is 15.5 Å². The maximum absolute atomic E-state index is 12.9. The predicted molar refractivity (Wildman–Crippen MR) is 147 cm³/mol. The molecule has 0 aliphatic heterocycles. The zero-order chi connectivity index (χ0) is 29.5. The molecule has 2 unspecified atom stereocenters. The summed E-state index contributed by atoms with van der Waals surface area (Å²) in [6.45, 7) is 5.51. The minimum absolute atomic E-state index is 0.133. The molecule has 1 amide bonds. The molecule has 214 valence electrons. The molecule has 11 heteroatoms. The second kappa shape index (κ2) is 10.9. The van der Waals surface area contributed by atoms with Gasteiger partial charge in [-0.05, 0) is 109 Å². The number of carbonyl (C=O) groups excluding carboxylic acids is 1. The Bertz CT molecular complexity index is 1590. The highest BCUT2D eigenvalue weighted by atomic mass is 32.2. The summed E-state index contributed by atoms with van der Waals surface area (Å²) in [6, 6.07) is 15.3. The van der Waals surface area contributed by atoms with Gasteiger partial charge in [-0.1, -0.05) is 29.4 Å². The minimum Gasteiger partial charge on any atom is -0.772 e. The third-order valence-corrected chi connectivity index (χ3v) is 8.31. The monoisotopic (exact) mass is 582 g/mol. The summed E-state index contributed by atoms with van der Waals surface area (Å²) in [7, 11) is 0. The number of anilines is 1. The van der Waals surface area contributed by atoms with E-state index >= 15 is 0 Å². The van der Waals surface area contributed by atoms with Gasteiger partial charge in [0.1, 0.15) is 0 Å². The van der Waals surface area contributed by atoms with Gasteiger partial charge < -0.3 is 14.4 Å². The van der Waals surface area contributed by atoms with Crippen molar-refractivity contribution in [3.63, 3.8) is 0 Å². The predicted octanol–water partition coefficient (Wildman–Crippen LogP) is 6.57. The number of hydrogen-bond donors (Lipinski definition) is 1. The lowest BCUT2D eigenvalue weighted by Gasteiger charge is -2.19. The molecule has 1 aliphatic carbocycles. The van der Waals surface area contributed by atoms with Crippen LogP contribution in [0.5, 0.6) is 0 Å². The van der Waals surface area contributed by atoms with Crippen LogP contribution in [0.2, 0.25) is 0 Å². The van der Waals surface area contributed by atoms with E-state index in [0.717, 1.165) is 47.2 Å². The Hall–Kier alpha value is -3.83. The van der Waals surface area contributed by atoms with Crippen LogP contribution < -0.4 is 5.32 Å². The molecule has 2 atom stereocenters. The smallest absolute Gasteiger partial charge is 0.416 e. The lowest BCUT2D eigenvalue weighted by Crippen LogP contribution is -2.17. The van der Waals surface area contributed by atoms with E-state index in [1.807, 2.05) is 26.0 Å². The van der Waals surface area contributed by atoms with Crippen LogP contribution in [0.15, 0.2) is 65.2 Å². The van der Waals surface area contributed by atoms with Gasteiger partial charge in [0.15, 0.2) is 5.82 Å². The molecule has 1 N–H and O–H groups in total. The number of amides is 1. The van der Waals surface area contributed by atoms with E-state index in [9.17, 15) is 26.7 Å². The van der Waals surface area contributed by atoms with Crippen LogP contribution in [0.25, 0.3) is 11.5 Å². The summed E-state index contributed by atoms with van der Waals surface area (Å²) in [5.74, 6) is 0.433. The van der Waals surface area contributed by atoms with Crippen molar-refractivity contribution >= 4 is 22.7 Å². The fourth-order valence-corrected chi connectivity index (χ4v) is 5.63. The number of benzene rings is 3. The molecule has 7 nitrogen and oxygen atoms in total. The van der Waals surface area contributed by atoms with Crippen molar-refractivity contribution < 1.29 is 31.3 Å². The van der Waals surface area contributed by atoms with Crippen molar-refractivity contribution in [2.45, 2.75) is 56.9 Å². The van der Waals surface area contributed by atoms with Gasteiger partial charge in [-0.15, -0.1) is 0 Å². The summed E-state index contributed by atoms with van der Waals surface area (Å²) in [5.41, 5.74) is 4.20. The maximum Gasteiger partial charge on any atom is 0.416 e. The highest BCUT2D eigenvalue weighted by molar-refractivity contribution is 7.79. The molecule has 1 heterocycles. The zero-order valence-corrected chi connectivity index (χ0v) is 23.4. The number of halogens is 3. The summed E-state index contributed by atoms with van der Waals surface area (Å²) in [6.07, 6.45) is -2.71. The number of aryl methyl sites for hydroxylation is 2. The standard InChI is InChI=1S/C30H28F3N3O4S/c1-17-14-24(34-25(37)16-20-4-6-21(7-5-20)19(3)41(38)39)15-18(2)26(17)29(12-13-29)28-35-27(40-36-28)22-8-10-23(11-9-22)30(31,32)33/h4-11,14-15,19H,12-13,16H2,1-3H3,(H,34,37)(H,38,39)/p-1. The van der Waals surface area contributed by atoms with Crippen LogP contribution in [0, 0.1) is 13.8 Å². The fraction of sp³-hybridized carbons (Fsp3) is 0.300. The Morgan fingerprint density at radius 2 is 1.68 bits per heavy atom. The van der Waals surface area contributed by atoms with Gasteiger partial charge in [0.05, 0.1) is 17.4 Å². The number of carbonyl (C=O) groups is 1. The SMILES string of the molecule is Cc1cc(NC(=O)Cc2ccc(C(C)S(=O)[O-])cc2)cc(C)c1C1(c2noc(-c3ccc(C(F)(F)F)cc3)n2)CC1. The van der Waals surface area contributed by atoms with Crippen molar-refractivity contribution in [1.29, 1.82) is 0 Å². The molecule has 41 heavy (non-hydrogen) atoms. The van der Waals surface area contributed by atoms with Gasteiger partial charge >= 0.3 is 6.18 Å².